The zero-order valence-electron chi connectivity index (χ0n) is 9.86. The second kappa shape index (κ2) is 4.59. The predicted molar refractivity (Wildman–Crippen MR) is 62.5 cm³/mol. The van der Waals surface area contributed by atoms with Gasteiger partial charge in [0.25, 0.3) is 0 Å². The molecule has 1 amide bonds. The van der Waals surface area contributed by atoms with Gasteiger partial charge in [-0.1, -0.05) is 0 Å². The molecule has 0 aliphatic carbocycles. The monoisotopic (exact) mass is 246 g/mol. The van der Waals surface area contributed by atoms with Gasteiger partial charge in [-0.2, -0.15) is 5.10 Å². The molecule has 18 heavy (non-hydrogen) atoms. The number of aryl methyl sites for hydroxylation is 1. The second-order valence-electron chi connectivity index (χ2n) is 4.39. The van der Waals surface area contributed by atoms with E-state index in [1.807, 2.05) is 6.20 Å². The van der Waals surface area contributed by atoms with E-state index in [1.165, 1.54) is 17.3 Å². The molecular weight excluding hydrogens is 232 g/mol. The van der Waals surface area contributed by atoms with Crippen LogP contribution in [-0.4, -0.2) is 36.3 Å². The van der Waals surface area contributed by atoms with E-state index >= 15 is 0 Å². The Morgan fingerprint density at radius 3 is 3.33 bits per heavy atom. The molecule has 1 atom stereocenters. The molecule has 0 radical (unpaired) electrons. The van der Waals surface area contributed by atoms with E-state index in [0.717, 1.165) is 25.2 Å². The van der Waals surface area contributed by atoms with Gasteiger partial charge in [0.1, 0.15) is 25.0 Å². The van der Waals surface area contributed by atoms with E-state index in [0.29, 0.717) is 0 Å². The van der Waals surface area contributed by atoms with E-state index in [4.69, 9.17) is 0 Å². The van der Waals surface area contributed by atoms with Crippen LogP contribution in [0.4, 0.5) is 0 Å². The molecule has 0 bridgehead atoms. The Labute approximate surface area is 104 Å². The van der Waals surface area contributed by atoms with Crippen LogP contribution in [0.5, 0.6) is 0 Å². The van der Waals surface area contributed by atoms with Gasteiger partial charge in [-0.05, 0) is 6.42 Å². The largest absolute Gasteiger partial charge is 0.350 e. The van der Waals surface area contributed by atoms with Crippen LogP contribution in [0.1, 0.15) is 12.2 Å². The maximum absolute atomic E-state index is 11.8. The Morgan fingerprint density at radius 1 is 1.56 bits per heavy atom. The summed E-state index contributed by atoms with van der Waals surface area (Å²) in [5.74, 6) is 1.06. The summed E-state index contributed by atoms with van der Waals surface area (Å²) in [6, 6.07) is 0.169. The minimum atomic E-state index is -0.0333. The molecule has 1 aliphatic heterocycles. The van der Waals surface area contributed by atoms with Crippen LogP contribution in [0.25, 0.3) is 0 Å². The van der Waals surface area contributed by atoms with Crippen molar-refractivity contribution in [3.63, 3.8) is 0 Å². The summed E-state index contributed by atoms with van der Waals surface area (Å²) >= 11 is 0. The van der Waals surface area contributed by atoms with Gasteiger partial charge in [-0.25, -0.2) is 14.6 Å². The van der Waals surface area contributed by atoms with Crippen LogP contribution in [-0.2, 0) is 24.3 Å². The first kappa shape index (κ1) is 10.9. The Bertz CT molecular complexity index is 531. The molecule has 0 saturated carbocycles. The standard InChI is InChI=1S/C11H14N6O/c18-11(6-17-8-12-7-14-17)15-9-1-2-10-13-3-4-16(10)5-9/h3-4,7-9H,1-2,5-6H2,(H,15,18). The van der Waals surface area contributed by atoms with Crippen molar-refractivity contribution in [3.05, 3.63) is 30.9 Å². The van der Waals surface area contributed by atoms with E-state index in [9.17, 15) is 4.79 Å². The molecule has 3 rings (SSSR count). The molecule has 7 nitrogen and oxygen atoms in total. The summed E-state index contributed by atoms with van der Waals surface area (Å²) < 4.78 is 3.60. The van der Waals surface area contributed by atoms with Crippen LogP contribution >= 0.6 is 0 Å². The molecule has 2 aromatic rings. The molecular formula is C11H14N6O. The summed E-state index contributed by atoms with van der Waals surface area (Å²) in [4.78, 5) is 19.9. The number of nitrogens with one attached hydrogen (secondary N) is 1. The molecule has 1 unspecified atom stereocenters. The van der Waals surface area contributed by atoms with Crippen LogP contribution in [0, 0.1) is 0 Å². The van der Waals surface area contributed by atoms with Gasteiger partial charge in [-0.3, -0.25) is 4.79 Å². The lowest BCUT2D eigenvalue weighted by atomic mass is 10.1. The molecule has 1 aliphatic rings. The van der Waals surface area contributed by atoms with Crippen LogP contribution in [0.2, 0.25) is 0 Å². The van der Waals surface area contributed by atoms with E-state index < -0.39 is 0 Å². The highest BCUT2D eigenvalue weighted by Gasteiger charge is 2.20. The first-order valence-electron chi connectivity index (χ1n) is 5.93. The fourth-order valence-electron chi connectivity index (χ4n) is 2.22. The molecule has 2 aromatic heterocycles. The Balaban J connectivity index is 1.56. The summed E-state index contributed by atoms with van der Waals surface area (Å²) in [6.07, 6.45) is 8.54. The van der Waals surface area contributed by atoms with Gasteiger partial charge in [0, 0.05) is 31.4 Å². The maximum atomic E-state index is 11.8. The molecule has 0 aromatic carbocycles. The third kappa shape index (κ3) is 2.24. The van der Waals surface area contributed by atoms with Crippen LogP contribution in [0.3, 0.4) is 0 Å². The van der Waals surface area contributed by atoms with Gasteiger partial charge in [0.15, 0.2) is 0 Å². The maximum Gasteiger partial charge on any atom is 0.242 e. The number of carbonyl (C=O) groups is 1. The Morgan fingerprint density at radius 2 is 2.50 bits per heavy atom. The van der Waals surface area contributed by atoms with Gasteiger partial charge >= 0.3 is 0 Å². The number of imidazole rings is 1. The average Bonchev–Trinajstić information content (AvgIpc) is 2.98. The van der Waals surface area contributed by atoms with Crippen molar-refractivity contribution in [1.29, 1.82) is 0 Å². The number of amides is 1. The van der Waals surface area contributed by atoms with E-state index in [-0.39, 0.29) is 18.5 Å². The van der Waals surface area contributed by atoms with Crippen molar-refractivity contribution >= 4 is 5.91 Å². The van der Waals surface area contributed by atoms with Crippen molar-refractivity contribution in [3.8, 4) is 0 Å². The first-order valence-corrected chi connectivity index (χ1v) is 5.93. The molecule has 0 fully saturated rings. The van der Waals surface area contributed by atoms with Crippen molar-refractivity contribution in [1.82, 2.24) is 29.6 Å². The lowest BCUT2D eigenvalue weighted by molar-refractivity contribution is -0.122. The number of rotatable bonds is 3. The summed E-state index contributed by atoms with van der Waals surface area (Å²) in [5, 5.41) is 6.92. The quantitative estimate of drug-likeness (QED) is 0.799. The minimum Gasteiger partial charge on any atom is -0.350 e. The molecule has 0 spiro atoms. The summed E-state index contributed by atoms with van der Waals surface area (Å²) in [5.41, 5.74) is 0. The second-order valence-corrected chi connectivity index (χ2v) is 4.39. The third-order valence-corrected chi connectivity index (χ3v) is 3.07. The highest BCUT2D eigenvalue weighted by Crippen LogP contribution is 2.12. The van der Waals surface area contributed by atoms with Crippen molar-refractivity contribution in [2.45, 2.75) is 32.0 Å². The van der Waals surface area contributed by atoms with E-state index in [1.54, 1.807) is 6.20 Å². The number of fused-ring (bicyclic) bond motifs is 1. The smallest absolute Gasteiger partial charge is 0.242 e. The number of hydrogen-bond donors (Lipinski definition) is 1. The van der Waals surface area contributed by atoms with Crippen LogP contribution < -0.4 is 5.32 Å². The number of nitrogens with zero attached hydrogens (tertiary/aromatic N) is 5. The van der Waals surface area contributed by atoms with Gasteiger partial charge in [0.05, 0.1) is 0 Å². The van der Waals surface area contributed by atoms with Crippen LogP contribution in [0.15, 0.2) is 25.0 Å². The zero-order chi connectivity index (χ0) is 12.4. The topological polar surface area (TPSA) is 77.6 Å². The minimum absolute atomic E-state index is 0.0333. The molecule has 3 heterocycles. The molecule has 7 heteroatoms. The Hall–Kier alpha value is -2.18. The Kier molecular flexibility index (Phi) is 2.79. The summed E-state index contributed by atoms with van der Waals surface area (Å²) in [7, 11) is 0. The van der Waals surface area contributed by atoms with Crippen molar-refractivity contribution < 1.29 is 4.79 Å². The highest BCUT2D eigenvalue weighted by atomic mass is 16.2. The fraction of sp³-hybridized carbons (Fsp3) is 0.455. The van der Waals surface area contributed by atoms with E-state index in [2.05, 4.69) is 25.0 Å². The average molecular weight is 246 g/mol. The number of hydrogen-bond acceptors (Lipinski definition) is 4. The van der Waals surface area contributed by atoms with Crippen molar-refractivity contribution in [2.75, 3.05) is 0 Å². The molecule has 1 N–H and O–H groups in total. The normalized spacial score (nSPS) is 18.3. The van der Waals surface area contributed by atoms with Gasteiger partial charge < -0.3 is 9.88 Å². The molecule has 94 valence electrons. The lowest BCUT2D eigenvalue weighted by Crippen LogP contribution is -2.42. The van der Waals surface area contributed by atoms with Crippen molar-refractivity contribution in [2.24, 2.45) is 0 Å². The zero-order valence-corrected chi connectivity index (χ0v) is 9.86. The predicted octanol–water partition coefficient (Wildman–Crippen LogP) is -0.394. The lowest BCUT2D eigenvalue weighted by Gasteiger charge is -2.24. The first-order chi connectivity index (χ1) is 8.81. The van der Waals surface area contributed by atoms with Gasteiger partial charge in [0.2, 0.25) is 5.91 Å². The fourth-order valence-corrected chi connectivity index (χ4v) is 2.22. The SMILES string of the molecule is O=C(Cn1cncn1)NC1CCc2nccn2C1. The van der Waals surface area contributed by atoms with Gasteiger partial charge in [-0.15, -0.1) is 0 Å². The number of aromatic nitrogens is 5. The number of carbonyl (C=O) groups excluding carboxylic acids is 1. The highest BCUT2D eigenvalue weighted by molar-refractivity contribution is 5.75. The molecule has 0 saturated heterocycles. The summed E-state index contributed by atoms with van der Waals surface area (Å²) in [6.45, 7) is 1.01. The third-order valence-electron chi connectivity index (χ3n) is 3.07.